The van der Waals surface area contributed by atoms with Gasteiger partial charge in [0.05, 0.1) is 12.6 Å². The minimum atomic E-state index is -0.466. The van der Waals surface area contributed by atoms with E-state index in [1.807, 2.05) is 49.4 Å². The number of aliphatic hydroxyl groups excluding tert-OH is 1. The summed E-state index contributed by atoms with van der Waals surface area (Å²) in [6.45, 7) is 4.09. The smallest absolute Gasteiger partial charge is 0.191 e. The van der Waals surface area contributed by atoms with Gasteiger partial charge in [-0.1, -0.05) is 58.4 Å². The fraction of sp³-hybridized carbons (Fsp3) is 0.316. The van der Waals surface area contributed by atoms with Crippen LogP contribution in [0.25, 0.3) is 0 Å². The van der Waals surface area contributed by atoms with Crippen LogP contribution in [0.2, 0.25) is 0 Å². The van der Waals surface area contributed by atoms with Crippen molar-refractivity contribution in [1.29, 1.82) is 0 Å². The van der Waals surface area contributed by atoms with Gasteiger partial charge in [0.25, 0.3) is 0 Å². The largest absolute Gasteiger partial charge is 0.388 e. The molecule has 0 spiro atoms. The first-order chi connectivity index (χ1) is 11.7. The fourth-order valence-corrected chi connectivity index (χ4v) is 2.76. The Labute approximate surface area is 152 Å². The lowest BCUT2D eigenvalue weighted by Gasteiger charge is -2.14. The molecule has 0 aliphatic rings. The van der Waals surface area contributed by atoms with Gasteiger partial charge in [-0.25, -0.2) is 4.99 Å². The fourth-order valence-electron chi connectivity index (χ4n) is 2.32. The van der Waals surface area contributed by atoms with Crippen LogP contribution < -0.4 is 10.6 Å². The summed E-state index contributed by atoms with van der Waals surface area (Å²) in [5, 5.41) is 16.7. The molecule has 0 heterocycles. The van der Waals surface area contributed by atoms with Crippen LogP contribution in [0.4, 0.5) is 0 Å². The molecule has 0 saturated heterocycles. The zero-order valence-corrected chi connectivity index (χ0v) is 15.5. The Kier molecular flexibility index (Phi) is 7.79. The lowest BCUT2D eigenvalue weighted by molar-refractivity contribution is 0.168. The lowest BCUT2D eigenvalue weighted by Crippen LogP contribution is -2.38. The zero-order chi connectivity index (χ0) is 17.2. The molecule has 2 aromatic carbocycles. The first-order valence-electron chi connectivity index (χ1n) is 8.18. The summed E-state index contributed by atoms with van der Waals surface area (Å²) >= 11 is 3.47. The Morgan fingerprint density at radius 1 is 1.12 bits per heavy atom. The second-order valence-corrected chi connectivity index (χ2v) is 6.38. The van der Waals surface area contributed by atoms with Gasteiger partial charge in [0.2, 0.25) is 0 Å². The van der Waals surface area contributed by atoms with E-state index in [2.05, 4.69) is 43.7 Å². The van der Waals surface area contributed by atoms with E-state index in [0.29, 0.717) is 19.5 Å². The van der Waals surface area contributed by atoms with Crippen molar-refractivity contribution in [2.75, 3.05) is 13.1 Å². The van der Waals surface area contributed by atoms with Crippen molar-refractivity contribution in [3.63, 3.8) is 0 Å². The quantitative estimate of drug-likeness (QED) is 0.500. The molecule has 24 heavy (non-hydrogen) atoms. The third-order valence-electron chi connectivity index (χ3n) is 3.55. The summed E-state index contributed by atoms with van der Waals surface area (Å²) in [5.74, 6) is 0.762. The number of rotatable bonds is 7. The highest BCUT2D eigenvalue weighted by molar-refractivity contribution is 9.10. The van der Waals surface area contributed by atoms with Crippen molar-refractivity contribution in [1.82, 2.24) is 10.6 Å². The molecule has 2 aromatic rings. The van der Waals surface area contributed by atoms with Crippen LogP contribution in [0.1, 0.15) is 30.6 Å². The first-order valence-corrected chi connectivity index (χ1v) is 8.98. The van der Waals surface area contributed by atoms with E-state index in [1.165, 1.54) is 0 Å². The molecule has 0 aliphatic heterocycles. The molecule has 3 N–H and O–H groups in total. The molecule has 0 saturated carbocycles. The Balaban J connectivity index is 1.85. The van der Waals surface area contributed by atoms with Crippen molar-refractivity contribution in [2.24, 2.45) is 4.99 Å². The molecular weight excluding hydrogens is 366 g/mol. The molecule has 0 aliphatic carbocycles. The topological polar surface area (TPSA) is 56.7 Å². The predicted octanol–water partition coefficient (Wildman–Crippen LogP) is 3.63. The minimum Gasteiger partial charge on any atom is -0.388 e. The first kappa shape index (κ1) is 18.5. The maximum Gasteiger partial charge on any atom is 0.191 e. The number of benzene rings is 2. The van der Waals surface area contributed by atoms with Crippen LogP contribution in [0.3, 0.4) is 0 Å². The van der Waals surface area contributed by atoms with Crippen LogP contribution in [0.15, 0.2) is 64.1 Å². The maximum atomic E-state index is 10.2. The predicted molar refractivity (Wildman–Crippen MR) is 103 cm³/mol. The minimum absolute atomic E-state index is 0.466. The summed E-state index contributed by atoms with van der Waals surface area (Å²) in [6, 6.07) is 17.8. The van der Waals surface area contributed by atoms with E-state index < -0.39 is 6.10 Å². The summed E-state index contributed by atoms with van der Waals surface area (Å²) in [4.78, 5) is 4.59. The number of aliphatic hydroxyl groups is 1. The molecule has 5 heteroatoms. The monoisotopic (exact) mass is 389 g/mol. The average molecular weight is 390 g/mol. The number of guanidine groups is 1. The van der Waals surface area contributed by atoms with Crippen LogP contribution in [0, 0.1) is 0 Å². The van der Waals surface area contributed by atoms with Gasteiger partial charge < -0.3 is 15.7 Å². The van der Waals surface area contributed by atoms with Gasteiger partial charge in [-0.3, -0.25) is 0 Å². The molecule has 4 nitrogen and oxygen atoms in total. The number of aliphatic imine (C=N–C) groups is 1. The Morgan fingerprint density at radius 3 is 2.62 bits per heavy atom. The molecule has 0 amide bonds. The van der Waals surface area contributed by atoms with Crippen LogP contribution >= 0.6 is 15.9 Å². The highest BCUT2D eigenvalue weighted by atomic mass is 79.9. The van der Waals surface area contributed by atoms with Crippen molar-refractivity contribution in [3.05, 3.63) is 70.2 Å². The summed E-state index contributed by atoms with van der Waals surface area (Å²) in [6.07, 6.45) is 0.164. The van der Waals surface area contributed by atoms with E-state index in [0.717, 1.165) is 28.1 Å². The highest BCUT2D eigenvalue weighted by Gasteiger charge is 2.07. The number of hydrogen-bond donors (Lipinski definition) is 3. The molecular formula is C19H24BrN3O. The summed E-state index contributed by atoms with van der Waals surface area (Å²) in [5.41, 5.74) is 2.08. The van der Waals surface area contributed by atoms with Crippen molar-refractivity contribution in [3.8, 4) is 0 Å². The van der Waals surface area contributed by atoms with Crippen LogP contribution in [0.5, 0.6) is 0 Å². The number of hydrogen-bond acceptors (Lipinski definition) is 2. The van der Waals surface area contributed by atoms with Gasteiger partial charge in [-0.15, -0.1) is 0 Å². The van der Waals surface area contributed by atoms with Crippen LogP contribution in [-0.4, -0.2) is 24.2 Å². The Bertz CT molecular complexity index is 646. The average Bonchev–Trinajstić information content (AvgIpc) is 2.60. The SMILES string of the molecule is CCNC(=NCc1cccc(Br)c1)NCCC(O)c1ccccc1. The van der Waals surface area contributed by atoms with E-state index in [1.54, 1.807) is 0 Å². The van der Waals surface area contributed by atoms with Gasteiger partial charge in [0.1, 0.15) is 0 Å². The summed E-state index contributed by atoms with van der Waals surface area (Å²) in [7, 11) is 0. The summed E-state index contributed by atoms with van der Waals surface area (Å²) < 4.78 is 1.05. The molecule has 0 bridgehead atoms. The molecule has 1 unspecified atom stereocenters. The van der Waals surface area contributed by atoms with E-state index >= 15 is 0 Å². The number of nitrogens with one attached hydrogen (secondary N) is 2. The molecule has 0 aromatic heterocycles. The standard InChI is InChI=1S/C19H24BrN3O/c1-2-21-19(23-14-15-7-6-10-17(20)13-15)22-12-11-18(24)16-8-4-3-5-9-16/h3-10,13,18,24H,2,11-12,14H2,1H3,(H2,21,22,23). The van der Waals surface area contributed by atoms with Crippen molar-refractivity contribution >= 4 is 21.9 Å². The highest BCUT2D eigenvalue weighted by Crippen LogP contribution is 2.15. The van der Waals surface area contributed by atoms with Gasteiger partial charge >= 0.3 is 0 Å². The third-order valence-corrected chi connectivity index (χ3v) is 4.04. The van der Waals surface area contributed by atoms with Crippen LogP contribution in [-0.2, 0) is 6.54 Å². The molecule has 0 fully saturated rings. The zero-order valence-electron chi connectivity index (χ0n) is 13.9. The lowest BCUT2D eigenvalue weighted by atomic mass is 10.1. The second kappa shape index (κ2) is 10.1. The third kappa shape index (κ3) is 6.34. The van der Waals surface area contributed by atoms with E-state index in [9.17, 15) is 5.11 Å². The molecule has 1 atom stereocenters. The van der Waals surface area contributed by atoms with Gasteiger partial charge in [0.15, 0.2) is 5.96 Å². The maximum absolute atomic E-state index is 10.2. The van der Waals surface area contributed by atoms with Gasteiger partial charge in [-0.2, -0.15) is 0 Å². The molecule has 0 radical (unpaired) electrons. The second-order valence-electron chi connectivity index (χ2n) is 5.47. The van der Waals surface area contributed by atoms with E-state index in [-0.39, 0.29) is 0 Å². The number of halogens is 1. The Morgan fingerprint density at radius 2 is 1.92 bits per heavy atom. The van der Waals surface area contributed by atoms with E-state index in [4.69, 9.17) is 0 Å². The van der Waals surface area contributed by atoms with Crippen molar-refractivity contribution in [2.45, 2.75) is 26.0 Å². The van der Waals surface area contributed by atoms with Gasteiger partial charge in [-0.05, 0) is 36.6 Å². The molecule has 128 valence electrons. The number of nitrogens with zero attached hydrogens (tertiary/aromatic N) is 1. The van der Waals surface area contributed by atoms with Crippen molar-refractivity contribution < 1.29 is 5.11 Å². The van der Waals surface area contributed by atoms with Gasteiger partial charge in [0, 0.05) is 17.6 Å². The normalized spacial score (nSPS) is 12.7. The molecule has 2 rings (SSSR count). The Hall–Kier alpha value is -1.85.